The Balaban J connectivity index is 1.36. The van der Waals surface area contributed by atoms with Crippen molar-refractivity contribution in [1.82, 2.24) is 20.1 Å². The Morgan fingerprint density at radius 2 is 1.75 bits per heavy atom. The van der Waals surface area contributed by atoms with Crippen LogP contribution in [0.25, 0.3) is 0 Å². The molecule has 1 aromatic carbocycles. The van der Waals surface area contributed by atoms with Crippen molar-refractivity contribution >= 4 is 11.8 Å². The van der Waals surface area contributed by atoms with E-state index in [9.17, 15) is 0 Å². The van der Waals surface area contributed by atoms with Gasteiger partial charge in [0.05, 0.1) is 14.2 Å². The number of methoxy groups -OCH3 is 2. The average Bonchev–Trinajstić information content (AvgIpc) is 2.84. The van der Waals surface area contributed by atoms with Gasteiger partial charge in [-0.2, -0.15) is 0 Å². The first-order chi connectivity index (χ1) is 15.6. The molecule has 0 unspecified atom stereocenters. The van der Waals surface area contributed by atoms with Crippen LogP contribution in [0.5, 0.6) is 11.5 Å². The molecule has 0 amide bonds. The molecular weight excluding hydrogens is 404 g/mol. The van der Waals surface area contributed by atoms with Crippen LogP contribution in [0, 0.1) is 0 Å². The second-order valence-electron chi connectivity index (χ2n) is 8.36. The van der Waals surface area contributed by atoms with Crippen LogP contribution in [0.15, 0.2) is 35.5 Å². The predicted molar refractivity (Wildman–Crippen MR) is 128 cm³/mol. The highest BCUT2D eigenvalue weighted by Crippen LogP contribution is 2.33. The molecule has 0 saturated carbocycles. The fourth-order valence-electron chi connectivity index (χ4n) is 4.32. The Morgan fingerprint density at radius 3 is 2.38 bits per heavy atom. The van der Waals surface area contributed by atoms with Crippen LogP contribution in [0.1, 0.15) is 16.7 Å². The number of nitrogens with zero attached hydrogens (tertiary/aromatic N) is 5. The zero-order chi connectivity index (χ0) is 22.5. The van der Waals surface area contributed by atoms with E-state index in [0.29, 0.717) is 6.54 Å². The third kappa shape index (κ3) is 4.91. The number of piperazine rings is 1. The van der Waals surface area contributed by atoms with Crippen molar-refractivity contribution in [2.45, 2.75) is 19.5 Å². The summed E-state index contributed by atoms with van der Waals surface area (Å²) in [6.45, 7) is 6.61. The maximum Gasteiger partial charge on any atom is 0.194 e. The first-order valence-electron chi connectivity index (χ1n) is 11.2. The Bertz CT molecular complexity index is 938. The fourth-order valence-corrected chi connectivity index (χ4v) is 4.32. The lowest BCUT2D eigenvalue weighted by Crippen LogP contribution is -2.44. The van der Waals surface area contributed by atoms with Gasteiger partial charge < -0.3 is 29.5 Å². The number of fused-ring (bicyclic) bond motifs is 1. The van der Waals surface area contributed by atoms with Crippen LogP contribution in [-0.4, -0.2) is 81.8 Å². The molecule has 0 spiro atoms. The molecule has 0 radical (unpaired) electrons. The van der Waals surface area contributed by atoms with E-state index in [0.717, 1.165) is 74.5 Å². The molecule has 8 heteroatoms. The molecule has 0 atom stereocenters. The van der Waals surface area contributed by atoms with E-state index in [2.05, 4.69) is 56.3 Å². The zero-order valence-electron chi connectivity index (χ0n) is 19.6. The number of guanidine groups is 1. The Kier molecular flexibility index (Phi) is 6.99. The molecule has 1 N–H and O–H groups in total. The van der Waals surface area contributed by atoms with Crippen LogP contribution in [0.2, 0.25) is 0 Å². The minimum atomic E-state index is 0.692. The summed E-state index contributed by atoms with van der Waals surface area (Å²) in [7, 11) is 7.36. The predicted octanol–water partition coefficient (Wildman–Crippen LogP) is 1.98. The summed E-state index contributed by atoms with van der Waals surface area (Å²) in [6, 6.07) is 8.45. The quantitative estimate of drug-likeness (QED) is 0.566. The maximum absolute atomic E-state index is 5.49. The molecule has 3 heterocycles. The average molecular weight is 439 g/mol. The number of pyridine rings is 1. The van der Waals surface area contributed by atoms with Gasteiger partial charge in [0.25, 0.3) is 0 Å². The number of benzene rings is 1. The smallest absolute Gasteiger partial charge is 0.194 e. The molecule has 0 aliphatic carbocycles. The summed E-state index contributed by atoms with van der Waals surface area (Å²) in [5.41, 5.74) is 3.70. The van der Waals surface area contributed by atoms with E-state index in [4.69, 9.17) is 14.5 Å². The molecule has 32 heavy (non-hydrogen) atoms. The fraction of sp³-hybridized carbons (Fsp3) is 0.500. The van der Waals surface area contributed by atoms with Gasteiger partial charge in [-0.15, -0.1) is 0 Å². The highest BCUT2D eigenvalue weighted by atomic mass is 16.5. The number of nitrogens with one attached hydrogen (secondary N) is 1. The topological polar surface area (TPSA) is 65.5 Å². The number of aromatic nitrogens is 1. The van der Waals surface area contributed by atoms with Crippen molar-refractivity contribution in [2.24, 2.45) is 4.99 Å². The van der Waals surface area contributed by atoms with Crippen LogP contribution >= 0.6 is 0 Å². The lowest BCUT2D eigenvalue weighted by atomic mass is 9.99. The first-order valence-corrected chi connectivity index (χ1v) is 11.2. The van der Waals surface area contributed by atoms with Crippen LogP contribution in [0.4, 0.5) is 5.82 Å². The number of aliphatic imine (C=N–C) groups is 1. The second kappa shape index (κ2) is 10.1. The van der Waals surface area contributed by atoms with Crippen molar-refractivity contribution < 1.29 is 9.47 Å². The Morgan fingerprint density at radius 1 is 1.03 bits per heavy atom. The summed E-state index contributed by atoms with van der Waals surface area (Å²) in [4.78, 5) is 16.2. The van der Waals surface area contributed by atoms with Gasteiger partial charge in [0.1, 0.15) is 5.82 Å². The molecule has 2 aliphatic heterocycles. The minimum absolute atomic E-state index is 0.692. The minimum Gasteiger partial charge on any atom is -0.493 e. The van der Waals surface area contributed by atoms with E-state index < -0.39 is 0 Å². The van der Waals surface area contributed by atoms with Gasteiger partial charge in [-0.1, -0.05) is 6.07 Å². The van der Waals surface area contributed by atoms with Crippen molar-refractivity contribution in [3.8, 4) is 11.5 Å². The van der Waals surface area contributed by atoms with Gasteiger partial charge >= 0.3 is 0 Å². The third-order valence-electron chi connectivity index (χ3n) is 6.32. The largest absolute Gasteiger partial charge is 0.493 e. The number of hydrogen-bond acceptors (Lipinski definition) is 6. The number of anilines is 1. The summed E-state index contributed by atoms with van der Waals surface area (Å²) >= 11 is 0. The van der Waals surface area contributed by atoms with E-state index >= 15 is 0 Å². The number of ether oxygens (including phenoxy) is 2. The van der Waals surface area contributed by atoms with Crippen molar-refractivity contribution in [3.63, 3.8) is 0 Å². The number of hydrogen-bond donors (Lipinski definition) is 1. The van der Waals surface area contributed by atoms with Crippen LogP contribution in [0.3, 0.4) is 0 Å². The van der Waals surface area contributed by atoms with E-state index in [-0.39, 0.29) is 0 Å². The van der Waals surface area contributed by atoms with Gasteiger partial charge in [-0.05, 0) is 48.4 Å². The van der Waals surface area contributed by atoms with Gasteiger partial charge in [-0.25, -0.2) is 4.98 Å². The summed E-state index contributed by atoms with van der Waals surface area (Å²) < 4.78 is 10.9. The molecule has 1 saturated heterocycles. The molecule has 0 bridgehead atoms. The van der Waals surface area contributed by atoms with Crippen molar-refractivity contribution in [1.29, 1.82) is 0 Å². The highest BCUT2D eigenvalue weighted by molar-refractivity contribution is 5.80. The lowest BCUT2D eigenvalue weighted by Gasteiger charge is -2.33. The maximum atomic E-state index is 5.49. The molecule has 2 aromatic rings. The molecule has 2 aliphatic rings. The monoisotopic (exact) mass is 438 g/mol. The van der Waals surface area contributed by atoms with Gasteiger partial charge in [-0.3, -0.25) is 4.99 Å². The van der Waals surface area contributed by atoms with Crippen LogP contribution in [-0.2, 0) is 19.5 Å². The third-order valence-corrected chi connectivity index (χ3v) is 6.32. The summed E-state index contributed by atoms with van der Waals surface area (Å²) in [5, 5.41) is 3.50. The number of likely N-dealkylation sites (N-methyl/N-ethyl adjacent to an activating group) is 1. The van der Waals surface area contributed by atoms with Gasteiger partial charge in [0.15, 0.2) is 17.5 Å². The lowest BCUT2D eigenvalue weighted by molar-refractivity contribution is 0.312. The molecule has 1 aromatic heterocycles. The summed E-state index contributed by atoms with van der Waals surface area (Å²) in [5.74, 6) is 3.51. The SMILES string of the molecule is CN=C(NCc1ccc(N2CCN(C)CC2)nc1)N1CCc2cc(OC)c(OC)cc2C1. The summed E-state index contributed by atoms with van der Waals surface area (Å²) in [6.07, 6.45) is 2.91. The molecule has 4 rings (SSSR count). The van der Waals surface area contributed by atoms with E-state index in [1.54, 1.807) is 14.2 Å². The molecule has 8 nitrogen and oxygen atoms in total. The Hall–Kier alpha value is -3.00. The molecule has 172 valence electrons. The standard InChI is InChI=1S/C24H34N6O2/c1-25-24(30-8-7-19-13-21(31-3)22(32-4)14-20(19)17-30)27-16-18-5-6-23(26-15-18)29-11-9-28(2)10-12-29/h5-6,13-15H,7-12,16-17H2,1-4H3,(H,25,27). The van der Waals surface area contributed by atoms with Crippen molar-refractivity contribution in [2.75, 3.05) is 65.9 Å². The van der Waals surface area contributed by atoms with E-state index in [1.807, 2.05) is 13.2 Å². The highest BCUT2D eigenvalue weighted by Gasteiger charge is 2.22. The van der Waals surface area contributed by atoms with Gasteiger partial charge in [0, 0.05) is 59.1 Å². The van der Waals surface area contributed by atoms with Crippen LogP contribution < -0.4 is 19.7 Å². The van der Waals surface area contributed by atoms with Gasteiger partial charge in [0.2, 0.25) is 0 Å². The second-order valence-corrected chi connectivity index (χ2v) is 8.36. The van der Waals surface area contributed by atoms with E-state index in [1.165, 1.54) is 11.1 Å². The molecule has 1 fully saturated rings. The normalized spacial score (nSPS) is 17.2. The first kappa shape index (κ1) is 22.2. The number of rotatable bonds is 5. The van der Waals surface area contributed by atoms with Crippen molar-refractivity contribution in [3.05, 3.63) is 47.2 Å². The molecular formula is C24H34N6O2. The zero-order valence-corrected chi connectivity index (χ0v) is 19.6. The Labute approximate surface area is 190 Å².